The predicted molar refractivity (Wildman–Crippen MR) is 82.7 cm³/mol. The first kappa shape index (κ1) is 16.8. The van der Waals surface area contributed by atoms with E-state index < -0.39 is 0 Å². The van der Waals surface area contributed by atoms with Gasteiger partial charge < -0.3 is 14.8 Å². The molecule has 1 aromatic heterocycles. The molecule has 0 saturated carbocycles. The van der Waals surface area contributed by atoms with E-state index >= 15 is 0 Å². The van der Waals surface area contributed by atoms with E-state index in [1.165, 1.54) is 0 Å². The van der Waals surface area contributed by atoms with E-state index in [4.69, 9.17) is 0 Å². The molecule has 0 aliphatic heterocycles. The second kappa shape index (κ2) is 7.47. The third-order valence-corrected chi connectivity index (χ3v) is 3.31. The average molecular weight is 344 g/mol. The van der Waals surface area contributed by atoms with E-state index in [9.17, 15) is 9.59 Å². The van der Waals surface area contributed by atoms with Crippen LogP contribution in [0.25, 0.3) is 0 Å². The first-order chi connectivity index (χ1) is 9.38. The summed E-state index contributed by atoms with van der Waals surface area (Å²) in [6.07, 6.45) is 1.87. The Bertz CT molecular complexity index is 483. The van der Waals surface area contributed by atoms with Gasteiger partial charge in [-0.2, -0.15) is 0 Å². The van der Waals surface area contributed by atoms with Crippen molar-refractivity contribution in [3.8, 4) is 0 Å². The molecule has 2 amide bonds. The van der Waals surface area contributed by atoms with Gasteiger partial charge in [-0.3, -0.25) is 9.59 Å². The number of aromatic nitrogens is 1. The summed E-state index contributed by atoms with van der Waals surface area (Å²) >= 11 is 3.38. The lowest BCUT2D eigenvalue weighted by Gasteiger charge is -2.21. The van der Waals surface area contributed by atoms with Gasteiger partial charge in [0.1, 0.15) is 5.69 Å². The van der Waals surface area contributed by atoms with Crippen LogP contribution in [-0.2, 0) is 11.3 Å². The van der Waals surface area contributed by atoms with Crippen molar-refractivity contribution in [2.75, 3.05) is 13.1 Å². The van der Waals surface area contributed by atoms with E-state index in [1.54, 1.807) is 11.0 Å². The lowest BCUT2D eigenvalue weighted by atomic mass is 10.3. The molecule has 0 fully saturated rings. The molecule has 0 radical (unpaired) electrons. The number of halogens is 1. The van der Waals surface area contributed by atoms with Crippen LogP contribution >= 0.6 is 15.9 Å². The number of carbonyl (C=O) groups is 2. The summed E-state index contributed by atoms with van der Waals surface area (Å²) in [5, 5.41) is 2.80. The Morgan fingerprint density at radius 1 is 1.40 bits per heavy atom. The van der Waals surface area contributed by atoms with Gasteiger partial charge in [-0.25, -0.2) is 0 Å². The molecule has 0 aromatic carbocycles. The smallest absolute Gasteiger partial charge is 0.270 e. The molecule has 0 aliphatic rings. The summed E-state index contributed by atoms with van der Waals surface area (Å²) in [7, 11) is 0. The van der Waals surface area contributed by atoms with Gasteiger partial charge in [0.25, 0.3) is 5.91 Å². The highest BCUT2D eigenvalue weighted by Crippen LogP contribution is 2.16. The van der Waals surface area contributed by atoms with Crippen molar-refractivity contribution < 1.29 is 9.59 Å². The lowest BCUT2D eigenvalue weighted by molar-refractivity contribution is -0.122. The van der Waals surface area contributed by atoms with Crippen LogP contribution in [-0.4, -0.2) is 40.4 Å². The highest BCUT2D eigenvalue weighted by molar-refractivity contribution is 9.10. The zero-order valence-electron chi connectivity index (χ0n) is 12.4. The van der Waals surface area contributed by atoms with Gasteiger partial charge in [-0.1, -0.05) is 0 Å². The van der Waals surface area contributed by atoms with E-state index in [1.807, 2.05) is 38.5 Å². The summed E-state index contributed by atoms with van der Waals surface area (Å²) < 4.78 is 2.74. The number of nitrogens with zero attached hydrogens (tertiary/aromatic N) is 2. The van der Waals surface area contributed by atoms with Crippen molar-refractivity contribution in [3.63, 3.8) is 0 Å². The van der Waals surface area contributed by atoms with Crippen LogP contribution < -0.4 is 5.32 Å². The van der Waals surface area contributed by atoms with Gasteiger partial charge in [0.2, 0.25) is 5.91 Å². The van der Waals surface area contributed by atoms with Crippen molar-refractivity contribution in [1.82, 2.24) is 14.8 Å². The van der Waals surface area contributed by atoms with Crippen molar-refractivity contribution >= 4 is 27.7 Å². The highest BCUT2D eigenvalue weighted by atomic mass is 79.9. The number of hydrogen-bond acceptors (Lipinski definition) is 2. The first-order valence-corrected chi connectivity index (χ1v) is 7.62. The summed E-state index contributed by atoms with van der Waals surface area (Å²) in [4.78, 5) is 25.8. The molecular weight excluding hydrogens is 322 g/mol. The highest BCUT2D eigenvalue weighted by Gasteiger charge is 2.20. The molecule has 1 aromatic rings. The van der Waals surface area contributed by atoms with Crippen LogP contribution in [0.15, 0.2) is 16.7 Å². The van der Waals surface area contributed by atoms with Crippen LogP contribution in [0.3, 0.4) is 0 Å². The summed E-state index contributed by atoms with van der Waals surface area (Å²) in [5.41, 5.74) is 0.596. The largest absolute Gasteiger partial charge is 0.352 e. The van der Waals surface area contributed by atoms with Crippen molar-refractivity contribution in [2.45, 2.75) is 40.3 Å². The van der Waals surface area contributed by atoms with Gasteiger partial charge in [0.05, 0.1) is 6.54 Å². The van der Waals surface area contributed by atoms with E-state index in [0.717, 1.165) is 4.47 Å². The average Bonchev–Trinajstić information content (AvgIpc) is 2.75. The molecule has 1 N–H and O–H groups in total. The molecular formula is C14H22BrN3O2. The molecule has 0 saturated heterocycles. The Morgan fingerprint density at radius 2 is 2.05 bits per heavy atom. The number of aryl methyl sites for hydroxylation is 1. The number of hydrogen-bond donors (Lipinski definition) is 1. The monoisotopic (exact) mass is 343 g/mol. The Balaban J connectivity index is 2.83. The zero-order chi connectivity index (χ0) is 15.3. The minimum Gasteiger partial charge on any atom is -0.352 e. The van der Waals surface area contributed by atoms with E-state index in [0.29, 0.717) is 18.8 Å². The maximum atomic E-state index is 12.5. The maximum Gasteiger partial charge on any atom is 0.270 e. The van der Waals surface area contributed by atoms with Gasteiger partial charge in [-0.15, -0.1) is 0 Å². The maximum absolute atomic E-state index is 12.5. The Kier molecular flexibility index (Phi) is 6.26. The second-order valence-electron chi connectivity index (χ2n) is 4.87. The molecule has 0 unspecified atom stereocenters. The second-order valence-corrected chi connectivity index (χ2v) is 5.79. The molecule has 0 bridgehead atoms. The third-order valence-electron chi connectivity index (χ3n) is 2.88. The summed E-state index contributed by atoms with van der Waals surface area (Å²) in [6, 6.07) is 1.86. The van der Waals surface area contributed by atoms with Crippen molar-refractivity contribution in [2.24, 2.45) is 0 Å². The molecule has 0 spiro atoms. The van der Waals surface area contributed by atoms with Crippen LogP contribution in [0.2, 0.25) is 0 Å². The number of rotatable bonds is 6. The fourth-order valence-corrected chi connectivity index (χ4v) is 2.41. The molecule has 0 atom stereocenters. The van der Waals surface area contributed by atoms with Crippen LogP contribution in [0.5, 0.6) is 0 Å². The quantitative estimate of drug-likeness (QED) is 0.861. The van der Waals surface area contributed by atoms with Gasteiger partial charge in [0.15, 0.2) is 0 Å². The Morgan fingerprint density at radius 3 is 2.55 bits per heavy atom. The third kappa shape index (κ3) is 4.37. The molecule has 1 heterocycles. The van der Waals surface area contributed by atoms with Crippen LogP contribution in [0.4, 0.5) is 0 Å². The zero-order valence-corrected chi connectivity index (χ0v) is 14.0. The van der Waals surface area contributed by atoms with Crippen LogP contribution in [0, 0.1) is 0 Å². The molecule has 20 heavy (non-hydrogen) atoms. The summed E-state index contributed by atoms with van der Waals surface area (Å²) in [5.74, 6) is -0.261. The van der Waals surface area contributed by atoms with Crippen molar-refractivity contribution in [3.05, 3.63) is 22.4 Å². The number of likely N-dealkylation sites (N-methyl/N-ethyl adjacent to an activating group) is 1. The predicted octanol–water partition coefficient (Wildman–Crippen LogP) is 2.26. The Labute approximate surface area is 128 Å². The molecule has 0 aliphatic carbocycles. The number of carbonyl (C=O) groups excluding carboxylic acids is 2. The minimum absolute atomic E-state index is 0.0740. The Hall–Kier alpha value is -1.30. The van der Waals surface area contributed by atoms with Gasteiger partial charge in [0, 0.05) is 29.8 Å². The van der Waals surface area contributed by atoms with Gasteiger partial charge >= 0.3 is 0 Å². The molecule has 6 heteroatoms. The fraction of sp³-hybridized carbons (Fsp3) is 0.571. The topological polar surface area (TPSA) is 54.3 Å². The number of amides is 2. The molecule has 5 nitrogen and oxygen atoms in total. The minimum atomic E-state index is -0.135. The SMILES string of the molecule is CCN(CC(=O)NC(C)C)C(=O)c1cc(Br)cn1CC. The molecule has 112 valence electrons. The van der Waals surface area contributed by atoms with Crippen LogP contribution in [0.1, 0.15) is 38.2 Å². The first-order valence-electron chi connectivity index (χ1n) is 6.83. The lowest BCUT2D eigenvalue weighted by Crippen LogP contribution is -2.43. The molecule has 1 rings (SSSR count). The van der Waals surface area contributed by atoms with E-state index in [2.05, 4.69) is 21.2 Å². The normalized spacial score (nSPS) is 10.7. The fourth-order valence-electron chi connectivity index (χ4n) is 1.95. The van der Waals surface area contributed by atoms with Gasteiger partial charge in [-0.05, 0) is 49.7 Å². The van der Waals surface area contributed by atoms with Crippen molar-refractivity contribution in [1.29, 1.82) is 0 Å². The standard InChI is InChI=1S/C14H22BrN3O2/c1-5-17-8-11(15)7-12(17)14(20)18(6-2)9-13(19)16-10(3)4/h7-8,10H,5-6,9H2,1-4H3,(H,16,19). The summed E-state index contributed by atoms with van der Waals surface area (Å²) in [6.45, 7) is 8.93. The van der Waals surface area contributed by atoms with E-state index in [-0.39, 0.29) is 24.4 Å². The number of nitrogens with one attached hydrogen (secondary N) is 1.